The second-order valence-corrected chi connectivity index (χ2v) is 5.02. The fraction of sp³-hybridized carbons (Fsp3) is 0.312. The molecule has 104 valence electrons. The average molecular weight is 270 g/mol. The molecular weight excluding hydrogens is 252 g/mol. The molecule has 0 saturated heterocycles. The van der Waals surface area contributed by atoms with Crippen molar-refractivity contribution in [3.8, 4) is 5.75 Å². The van der Waals surface area contributed by atoms with Crippen molar-refractivity contribution in [1.29, 1.82) is 0 Å². The van der Waals surface area contributed by atoms with Crippen molar-refractivity contribution < 1.29 is 9.84 Å². The van der Waals surface area contributed by atoms with Crippen LogP contribution in [0.2, 0.25) is 0 Å². The third-order valence-corrected chi connectivity index (χ3v) is 3.54. The first-order chi connectivity index (χ1) is 9.78. The number of hydrogen-bond acceptors (Lipinski definition) is 4. The molecule has 20 heavy (non-hydrogen) atoms. The van der Waals surface area contributed by atoms with Crippen LogP contribution in [0.15, 0.2) is 36.5 Å². The Kier molecular flexibility index (Phi) is 3.56. The zero-order valence-corrected chi connectivity index (χ0v) is 11.5. The van der Waals surface area contributed by atoms with Crippen molar-refractivity contribution in [3.63, 3.8) is 0 Å². The number of rotatable bonds is 2. The van der Waals surface area contributed by atoms with Gasteiger partial charge in [0.1, 0.15) is 18.2 Å². The number of aromatic nitrogens is 1. The largest absolute Gasteiger partial charge is 0.491 e. The summed E-state index contributed by atoms with van der Waals surface area (Å²) in [6.45, 7) is 4.31. The van der Waals surface area contributed by atoms with Gasteiger partial charge in [-0.05, 0) is 30.2 Å². The molecule has 1 aromatic carbocycles. The summed E-state index contributed by atoms with van der Waals surface area (Å²) in [4.78, 5) is 6.72. The van der Waals surface area contributed by atoms with E-state index in [-0.39, 0.29) is 6.61 Å². The SMILES string of the molecule is Cc1cc(CO)cnc1N1CCOc2ccccc2C1. The summed E-state index contributed by atoms with van der Waals surface area (Å²) in [6.07, 6.45) is 1.74. The quantitative estimate of drug-likeness (QED) is 0.909. The minimum absolute atomic E-state index is 0.0278. The number of para-hydroxylation sites is 1. The number of aliphatic hydroxyl groups excluding tert-OH is 1. The fourth-order valence-electron chi connectivity index (χ4n) is 2.55. The number of hydrogen-bond donors (Lipinski definition) is 1. The minimum Gasteiger partial charge on any atom is -0.491 e. The Bertz CT molecular complexity index is 613. The maximum atomic E-state index is 9.16. The van der Waals surface area contributed by atoms with Crippen LogP contribution in [0.5, 0.6) is 5.75 Å². The minimum atomic E-state index is 0.0278. The molecule has 0 fully saturated rings. The maximum Gasteiger partial charge on any atom is 0.131 e. The molecule has 0 bridgehead atoms. The van der Waals surface area contributed by atoms with Crippen LogP contribution in [0, 0.1) is 6.92 Å². The Morgan fingerprint density at radius 2 is 2.20 bits per heavy atom. The lowest BCUT2D eigenvalue weighted by atomic mass is 10.1. The zero-order valence-electron chi connectivity index (χ0n) is 11.5. The Labute approximate surface area is 118 Å². The van der Waals surface area contributed by atoms with Crippen molar-refractivity contribution >= 4 is 5.82 Å². The van der Waals surface area contributed by atoms with Crippen molar-refractivity contribution in [3.05, 3.63) is 53.2 Å². The first-order valence-corrected chi connectivity index (χ1v) is 6.80. The molecule has 1 aromatic heterocycles. The smallest absolute Gasteiger partial charge is 0.131 e. The summed E-state index contributed by atoms with van der Waals surface area (Å²) in [5.74, 6) is 1.92. The Morgan fingerprint density at radius 3 is 3.00 bits per heavy atom. The third-order valence-electron chi connectivity index (χ3n) is 3.54. The van der Waals surface area contributed by atoms with Gasteiger partial charge in [-0.15, -0.1) is 0 Å². The molecule has 4 heteroatoms. The van der Waals surface area contributed by atoms with E-state index in [1.165, 1.54) is 5.56 Å². The highest BCUT2D eigenvalue weighted by atomic mass is 16.5. The van der Waals surface area contributed by atoms with E-state index < -0.39 is 0 Å². The Morgan fingerprint density at radius 1 is 1.35 bits per heavy atom. The standard InChI is InChI=1S/C16H18N2O2/c1-12-8-13(11-19)9-17-16(12)18-6-7-20-15-5-3-2-4-14(15)10-18/h2-5,8-9,19H,6-7,10-11H2,1H3. The highest BCUT2D eigenvalue weighted by Crippen LogP contribution is 2.26. The molecule has 1 aliphatic rings. The number of benzene rings is 1. The second-order valence-electron chi connectivity index (χ2n) is 5.02. The van der Waals surface area contributed by atoms with E-state index in [1.807, 2.05) is 31.2 Å². The van der Waals surface area contributed by atoms with Crippen molar-refractivity contribution in [1.82, 2.24) is 4.98 Å². The van der Waals surface area contributed by atoms with Gasteiger partial charge in [0.2, 0.25) is 0 Å². The molecule has 0 aliphatic carbocycles. The summed E-state index contributed by atoms with van der Waals surface area (Å²) < 4.78 is 5.78. The lowest BCUT2D eigenvalue weighted by Gasteiger charge is -2.23. The number of pyridine rings is 1. The van der Waals surface area contributed by atoms with Gasteiger partial charge in [-0.1, -0.05) is 18.2 Å². The first-order valence-electron chi connectivity index (χ1n) is 6.80. The van der Waals surface area contributed by atoms with E-state index in [4.69, 9.17) is 9.84 Å². The van der Waals surface area contributed by atoms with E-state index in [0.717, 1.165) is 35.8 Å². The lowest BCUT2D eigenvalue weighted by Crippen LogP contribution is -2.27. The molecule has 0 saturated carbocycles. The normalized spacial score (nSPS) is 14.4. The van der Waals surface area contributed by atoms with Crippen LogP contribution in [0.3, 0.4) is 0 Å². The third kappa shape index (κ3) is 2.47. The molecule has 1 aliphatic heterocycles. The van der Waals surface area contributed by atoms with Crippen molar-refractivity contribution in [2.45, 2.75) is 20.1 Å². The van der Waals surface area contributed by atoms with E-state index >= 15 is 0 Å². The summed E-state index contributed by atoms with van der Waals surface area (Å²) in [7, 11) is 0. The van der Waals surface area contributed by atoms with Crippen molar-refractivity contribution in [2.75, 3.05) is 18.1 Å². The number of fused-ring (bicyclic) bond motifs is 1. The number of nitrogens with zero attached hydrogens (tertiary/aromatic N) is 2. The van der Waals surface area contributed by atoms with Gasteiger partial charge < -0.3 is 14.7 Å². The molecule has 1 N–H and O–H groups in total. The number of aliphatic hydroxyl groups is 1. The van der Waals surface area contributed by atoms with E-state index in [2.05, 4.69) is 16.0 Å². The molecule has 0 unspecified atom stereocenters. The molecule has 3 rings (SSSR count). The van der Waals surface area contributed by atoms with Crippen LogP contribution in [0.4, 0.5) is 5.82 Å². The first kappa shape index (κ1) is 12.9. The monoisotopic (exact) mass is 270 g/mol. The van der Waals surface area contributed by atoms with Crippen LogP contribution in [-0.4, -0.2) is 23.2 Å². The van der Waals surface area contributed by atoms with Gasteiger partial charge in [0, 0.05) is 18.3 Å². The molecule has 0 atom stereocenters. The number of ether oxygens (including phenoxy) is 1. The second kappa shape index (κ2) is 5.51. The molecule has 2 aromatic rings. The number of aryl methyl sites for hydroxylation is 1. The zero-order chi connectivity index (χ0) is 13.9. The molecule has 0 spiro atoms. The highest BCUT2D eigenvalue weighted by Gasteiger charge is 2.17. The lowest BCUT2D eigenvalue weighted by molar-refractivity contribution is 0.281. The summed E-state index contributed by atoms with van der Waals surface area (Å²) in [5, 5.41) is 9.16. The highest BCUT2D eigenvalue weighted by molar-refractivity contribution is 5.49. The Hall–Kier alpha value is -2.07. The average Bonchev–Trinajstić information content (AvgIpc) is 2.69. The molecule has 0 amide bonds. The van der Waals surface area contributed by atoms with Crippen LogP contribution < -0.4 is 9.64 Å². The topological polar surface area (TPSA) is 45.6 Å². The maximum absolute atomic E-state index is 9.16. The summed E-state index contributed by atoms with van der Waals surface area (Å²) in [6, 6.07) is 10.1. The molecule has 2 heterocycles. The van der Waals surface area contributed by atoms with Gasteiger partial charge in [0.05, 0.1) is 13.2 Å². The summed E-state index contributed by atoms with van der Waals surface area (Å²) in [5.41, 5.74) is 3.10. The van der Waals surface area contributed by atoms with Gasteiger partial charge in [-0.25, -0.2) is 4.98 Å². The summed E-state index contributed by atoms with van der Waals surface area (Å²) >= 11 is 0. The predicted octanol–water partition coefficient (Wildman–Crippen LogP) is 2.28. The van der Waals surface area contributed by atoms with Gasteiger partial charge >= 0.3 is 0 Å². The van der Waals surface area contributed by atoms with Crippen LogP contribution in [0.25, 0.3) is 0 Å². The van der Waals surface area contributed by atoms with E-state index in [0.29, 0.717) is 6.61 Å². The van der Waals surface area contributed by atoms with Gasteiger partial charge in [-0.3, -0.25) is 0 Å². The fourth-order valence-corrected chi connectivity index (χ4v) is 2.55. The molecular formula is C16H18N2O2. The van der Waals surface area contributed by atoms with Crippen LogP contribution in [-0.2, 0) is 13.2 Å². The molecule has 4 nitrogen and oxygen atoms in total. The van der Waals surface area contributed by atoms with Gasteiger partial charge in [0.25, 0.3) is 0 Å². The molecule has 0 radical (unpaired) electrons. The van der Waals surface area contributed by atoms with E-state index in [1.54, 1.807) is 6.20 Å². The van der Waals surface area contributed by atoms with Crippen LogP contribution in [0.1, 0.15) is 16.7 Å². The predicted molar refractivity (Wildman–Crippen MR) is 77.9 cm³/mol. The van der Waals surface area contributed by atoms with Crippen molar-refractivity contribution in [2.24, 2.45) is 0 Å². The Balaban J connectivity index is 1.91. The van der Waals surface area contributed by atoms with Crippen LogP contribution >= 0.6 is 0 Å². The van der Waals surface area contributed by atoms with Gasteiger partial charge in [0.15, 0.2) is 0 Å². The van der Waals surface area contributed by atoms with Gasteiger partial charge in [-0.2, -0.15) is 0 Å². The number of anilines is 1. The van der Waals surface area contributed by atoms with E-state index in [9.17, 15) is 0 Å².